The number of benzene rings is 1. The number of ether oxygens (including phenoxy) is 3. The number of fused-ring (bicyclic) bond motifs is 1. The van der Waals surface area contributed by atoms with Crippen LogP contribution in [-0.2, 0) is 20.7 Å². The molecule has 3 rings (SSSR count). The number of hydrogen-bond donors (Lipinski definition) is 1. The molecule has 2 heterocycles. The van der Waals surface area contributed by atoms with Crippen LogP contribution in [-0.4, -0.2) is 32.2 Å². The van der Waals surface area contributed by atoms with Crippen LogP contribution in [0.1, 0.15) is 22.9 Å². The third-order valence-electron chi connectivity index (χ3n) is 3.88. The van der Waals surface area contributed by atoms with Gasteiger partial charge in [0.1, 0.15) is 13.2 Å². The minimum absolute atomic E-state index is 0.0884. The van der Waals surface area contributed by atoms with Crippen LogP contribution < -0.4 is 14.8 Å². The molecule has 138 valence electrons. The molecular formula is C18H18BrNO5S. The van der Waals surface area contributed by atoms with Crippen molar-refractivity contribution in [1.82, 2.24) is 5.32 Å². The summed E-state index contributed by atoms with van der Waals surface area (Å²) in [4.78, 5) is 25.1. The van der Waals surface area contributed by atoms with Gasteiger partial charge in [-0.15, -0.1) is 11.3 Å². The third-order valence-corrected chi connectivity index (χ3v) is 5.61. The first-order valence-electron chi connectivity index (χ1n) is 8.04. The number of thiophene rings is 1. The minimum atomic E-state index is -0.411. The van der Waals surface area contributed by atoms with Gasteiger partial charge in [0.2, 0.25) is 5.91 Å². The summed E-state index contributed by atoms with van der Waals surface area (Å²) in [6.07, 6.45) is 0.241. The maximum Gasteiger partial charge on any atom is 0.307 e. The van der Waals surface area contributed by atoms with E-state index in [0.717, 1.165) is 14.9 Å². The van der Waals surface area contributed by atoms with Gasteiger partial charge in [-0.1, -0.05) is 22.0 Å². The molecule has 1 aliphatic rings. The second-order valence-electron chi connectivity index (χ2n) is 5.68. The van der Waals surface area contributed by atoms with E-state index in [4.69, 9.17) is 14.2 Å². The first-order chi connectivity index (χ1) is 12.6. The van der Waals surface area contributed by atoms with Gasteiger partial charge in [-0.05, 0) is 29.1 Å². The van der Waals surface area contributed by atoms with Crippen LogP contribution in [0.3, 0.4) is 0 Å². The number of nitrogens with one attached hydrogen (secondary N) is 1. The normalized spacial score (nSPS) is 13.8. The lowest BCUT2D eigenvalue weighted by molar-refractivity contribution is -0.141. The van der Waals surface area contributed by atoms with Gasteiger partial charge in [-0.3, -0.25) is 9.59 Å². The largest absolute Gasteiger partial charge is 0.486 e. The zero-order valence-corrected chi connectivity index (χ0v) is 16.5. The Hall–Kier alpha value is -2.06. The number of halogens is 1. The maximum absolute atomic E-state index is 12.6. The Morgan fingerprint density at radius 3 is 2.69 bits per heavy atom. The molecule has 0 bridgehead atoms. The van der Waals surface area contributed by atoms with E-state index in [-0.39, 0.29) is 24.7 Å². The standard InChI is InChI=1S/C18H18BrNO5S/c1-23-18(22)10-13(16-3-2-6-26-16)20-17(21)8-11-7-14-15(9-12(11)19)25-5-4-24-14/h2-3,6-7,9,13H,4-5,8,10H2,1H3,(H,20,21). The minimum Gasteiger partial charge on any atom is -0.486 e. The van der Waals surface area contributed by atoms with Crippen LogP contribution in [0.4, 0.5) is 0 Å². The molecule has 0 aliphatic carbocycles. The lowest BCUT2D eigenvalue weighted by atomic mass is 10.1. The smallest absolute Gasteiger partial charge is 0.307 e. The third kappa shape index (κ3) is 4.56. The zero-order valence-electron chi connectivity index (χ0n) is 14.1. The highest BCUT2D eigenvalue weighted by Crippen LogP contribution is 2.35. The van der Waals surface area contributed by atoms with Crippen LogP contribution in [0.15, 0.2) is 34.1 Å². The van der Waals surface area contributed by atoms with E-state index in [1.54, 1.807) is 6.07 Å². The average molecular weight is 440 g/mol. The van der Waals surface area contributed by atoms with Gasteiger partial charge in [0.05, 0.1) is 26.0 Å². The quantitative estimate of drug-likeness (QED) is 0.699. The summed E-state index contributed by atoms with van der Waals surface area (Å²) in [6.45, 7) is 0.995. The molecule has 26 heavy (non-hydrogen) atoms. The van der Waals surface area contributed by atoms with E-state index in [2.05, 4.69) is 21.2 Å². The first-order valence-corrected chi connectivity index (χ1v) is 9.71. The topological polar surface area (TPSA) is 73.9 Å². The van der Waals surface area contributed by atoms with Gasteiger partial charge in [0, 0.05) is 9.35 Å². The molecule has 1 unspecified atom stereocenters. The van der Waals surface area contributed by atoms with Crippen molar-refractivity contribution in [2.75, 3.05) is 20.3 Å². The molecular weight excluding hydrogens is 422 g/mol. The zero-order chi connectivity index (χ0) is 18.5. The summed E-state index contributed by atoms with van der Waals surface area (Å²) in [7, 11) is 1.34. The van der Waals surface area contributed by atoms with Crippen LogP contribution in [0.25, 0.3) is 0 Å². The van der Waals surface area contributed by atoms with Gasteiger partial charge in [-0.25, -0.2) is 0 Å². The Balaban J connectivity index is 1.71. The van der Waals surface area contributed by atoms with Crippen LogP contribution in [0.5, 0.6) is 11.5 Å². The fourth-order valence-electron chi connectivity index (χ4n) is 2.62. The maximum atomic E-state index is 12.6. The molecule has 0 radical (unpaired) electrons. The van der Waals surface area contributed by atoms with Crippen molar-refractivity contribution in [2.24, 2.45) is 0 Å². The molecule has 1 amide bonds. The van der Waals surface area contributed by atoms with E-state index in [9.17, 15) is 9.59 Å². The van der Waals surface area contributed by atoms with Crippen molar-refractivity contribution in [3.05, 3.63) is 44.6 Å². The predicted octanol–water partition coefficient (Wildman–Crippen LogP) is 3.24. The molecule has 0 spiro atoms. The second kappa shape index (κ2) is 8.55. The Labute approximate surface area is 163 Å². The van der Waals surface area contributed by atoms with Crippen molar-refractivity contribution in [2.45, 2.75) is 18.9 Å². The predicted molar refractivity (Wildman–Crippen MR) is 101 cm³/mol. The number of methoxy groups -OCH3 is 1. The van der Waals surface area contributed by atoms with Gasteiger partial charge in [-0.2, -0.15) is 0 Å². The Morgan fingerprint density at radius 1 is 1.31 bits per heavy atom. The molecule has 0 fully saturated rings. The van der Waals surface area contributed by atoms with E-state index in [1.165, 1.54) is 18.4 Å². The molecule has 1 N–H and O–H groups in total. The summed E-state index contributed by atoms with van der Waals surface area (Å²) >= 11 is 4.96. The number of carbonyl (C=O) groups excluding carboxylic acids is 2. The molecule has 0 saturated heterocycles. The van der Waals surface area contributed by atoms with Crippen molar-refractivity contribution < 1.29 is 23.8 Å². The number of amides is 1. The monoisotopic (exact) mass is 439 g/mol. The van der Waals surface area contributed by atoms with E-state index in [1.807, 2.05) is 23.6 Å². The highest BCUT2D eigenvalue weighted by molar-refractivity contribution is 9.10. The summed E-state index contributed by atoms with van der Waals surface area (Å²) in [5, 5.41) is 4.82. The Kier molecular flexibility index (Phi) is 6.16. The van der Waals surface area contributed by atoms with Crippen molar-refractivity contribution >= 4 is 39.1 Å². The van der Waals surface area contributed by atoms with Crippen LogP contribution >= 0.6 is 27.3 Å². The summed E-state index contributed by atoms with van der Waals surface area (Å²) in [5.74, 6) is 0.731. The Bertz CT molecular complexity index is 793. The fourth-order valence-corrected chi connectivity index (χ4v) is 3.86. The molecule has 8 heteroatoms. The summed E-state index contributed by atoms with van der Waals surface area (Å²) in [6, 6.07) is 6.97. The van der Waals surface area contributed by atoms with Gasteiger partial charge in [0.15, 0.2) is 11.5 Å². The molecule has 1 atom stereocenters. The highest BCUT2D eigenvalue weighted by atomic mass is 79.9. The summed E-state index contributed by atoms with van der Waals surface area (Å²) < 4.78 is 16.6. The molecule has 1 aromatic heterocycles. The van der Waals surface area contributed by atoms with Gasteiger partial charge in [0.25, 0.3) is 0 Å². The fraction of sp³-hybridized carbons (Fsp3) is 0.333. The molecule has 1 aliphatic heterocycles. The number of carbonyl (C=O) groups is 2. The lowest BCUT2D eigenvalue weighted by Gasteiger charge is -2.20. The van der Waals surface area contributed by atoms with Crippen molar-refractivity contribution in [3.8, 4) is 11.5 Å². The summed E-state index contributed by atoms with van der Waals surface area (Å²) in [5.41, 5.74) is 0.787. The van der Waals surface area contributed by atoms with Crippen molar-refractivity contribution in [3.63, 3.8) is 0 Å². The number of hydrogen-bond acceptors (Lipinski definition) is 6. The van der Waals surface area contributed by atoms with E-state index < -0.39 is 6.04 Å². The lowest BCUT2D eigenvalue weighted by Crippen LogP contribution is -2.31. The SMILES string of the molecule is COC(=O)CC(NC(=O)Cc1cc2c(cc1Br)OCCO2)c1cccs1. The first kappa shape index (κ1) is 18.7. The van der Waals surface area contributed by atoms with Gasteiger partial charge < -0.3 is 19.5 Å². The number of rotatable bonds is 6. The molecule has 6 nitrogen and oxygen atoms in total. The second-order valence-corrected chi connectivity index (χ2v) is 7.51. The van der Waals surface area contributed by atoms with E-state index >= 15 is 0 Å². The van der Waals surface area contributed by atoms with Gasteiger partial charge >= 0.3 is 5.97 Å². The van der Waals surface area contributed by atoms with Crippen molar-refractivity contribution in [1.29, 1.82) is 0 Å². The van der Waals surface area contributed by atoms with Crippen LogP contribution in [0.2, 0.25) is 0 Å². The molecule has 1 aromatic carbocycles. The number of esters is 1. The molecule has 2 aromatic rings. The average Bonchev–Trinajstić information content (AvgIpc) is 3.16. The van der Waals surface area contributed by atoms with Crippen LogP contribution in [0, 0.1) is 0 Å². The highest BCUT2D eigenvalue weighted by Gasteiger charge is 2.21. The van der Waals surface area contributed by atoms with E-state index in [0.29, 0.717) is 24.7 Å². The Morgan fingerprint density at radius 2 is 2.04 bits per heavy atom. The molecule has 0 saturated carbocycles.